The summed E-state index contributed by atoms with van der Waals surface area (Å²) in [5, 5.41) is 3.93. The Labute approximate surface area is 83.1 Å². The maximum atomic E-state index is 4.28. The number of para-hydroxylation sites is 1. The predicted molar refractivity (Wildman–Crippen MR) is 58.0 cm³/mol. The summed E-state index contributed by atoms with van der Waals surface area (Å²) in [4.78, 5) is 4.17. The Balaban J connectivity index is 2.24. The normalized spacial score (nSPS) is 22.6. The van der Waals surface area contributed by atoms with Crippen LogP contribution in [-0.2, 0) is 0 Å². The highest BCUT2D eigenvalue weighted by atomic mass is 32.1. The van der Waals surface area contributed by atoms with Crippen LogP contribution in [0.4, 0.5) is 5.69 Å². The SMILES string of the molecule is CN1C(S)N=CN1c1ccccc1. The highest BCUT2D eigenvalue weighted by Gasteiger charge is 2.21. The van der Waals surface area contributed by atoms with Gasteiger partial charge in [-0.25, -0.2) is 4.99 Å². The highest BCUT2D eigenvalue weighted by Crippen LogP contribution is 2.20. The quantitative estimate of drug-likeness (QED) is 0.683. The van der Waals surface area contributed by atoms with Crippen molar-refractivity contribution in [3.8, 4) is 0 Å². The minimum atomic E-state index is -0.0693. The van der Waals surface area contributed by atoms with Gasteiger partial charge in [0.05, 0.1) is 5.69 Å². The van der Waals surface area contributed by atoms with E-state index in [-0.39, 0.29) is 5.50 Å². The van der Waals surface area contributed by atoms with Gasteiger partial charge in [-0.2, -0.15) is 5.01 Å². The van der Waals surface area contributed by atoms with E-state index in [9.17, 15) is 0 Å². The van der Waals surface area contributed by atoms with Gasteiger partial charge in [-0.1, -0.05) is 18.2 Å². The van der Waals surface area contributed by atoms with E-state index in [2.05, 4.69) is 17.6 Å². The van der Waals surface area contributed by atoms with Gasteiger partial charge in [-0.05, 0) is 12.1 Å². The average molecular weight is 193 g/mol. The molecule has 1 aromatic carbocycles. The molecule has 0 saturated heterocycles. The van der Waals surface area contributed by atoms with Crippen molar-refractivity contribution in [3.63, 3.8) is 0 Å². The first kappa shape index (κ1) is 8.59. The first-order valence-electron chi connectivity index (χ1n) is 4.07. The monoisotopic (exact) mass is 193 g/mol. The lowest BCUT2D eigenvalue weighted by molar-refractivity contribution is 0.364. The zero-order valence-electron chi connectivity index (χ0n) is 7.33. The third kappa shape index (κ3) is 1.55. The predicted octanol–water partition coefficient (Wildman–Crippen LogP) is 1.60. The number of benzene rings is 1. The molecule has 0 N–H and O–H groups in total. The number of hydrogen-bond acceptors (Lipinski definition) is 4. The first-order chi connectivity index (χ1) is 6.29. The smallest absolute Gasteiger partial charge is 0.164 e. The molecule has 0 amide bonds. The van der Waals surface area contributed by atoms with Gasteiger partial charge in [0.25, 0.3) is 0 Å². The first-order valence-corrected chi connectivity index (χ1v) is 4.59. The van der Waals surface area contributed by atoms with Crippen molar-refractivity contribution in [3.05, 3.63) is 30.3 Å². The number of hydrogen-bond donors (Lipinski definition) is 1. The van der Waals surface area contributed by atoms with Crippen molar-refractivity contribution in [2.45, 2.75) is 5.50 Å². The van der Waals surface area contributed by atoms with Crippen LogP contribution >= 0.6 is 12.6 Å². The molecule has 1 atom stereocenters. The second-order valence-electron chi connectivity index (χ2n) is 2.86. The van der Waals surface area contributed by atoms with Gasteiger partial charge in [0.2, 0.25) is 0 Å². The minimum Gasteiger partial charge on any atom is -0.261 e. The molecule has 1 aliphatic heterocycles. The second kappa shape index (κ2) is 3.40. The summed E-state index contributed by atoms with van der Waals surface area (Å²) < 4.78 is 0. The molecule has 1 aromatic rings. The Hall–Kier alpha value is -1.00. The lowest BCUT2D eigenvalue weighted by Gasteiger charge is -2.25. The molecule has 0 fully saturated rings. The van der Waals surface area contributed by atoms with Crippen LogP contribution in [0.25, 0.3) is 0 Å². The molecule has 0 spiro atoms. The topological polar surface area (TPSA) is 18.8 Å². The fourth-order valence-corrected chi connectivity index (χ4v) is 1.41. The van der Waals surface area contributed by atoms with E-state index >= 15 is 0 Å². The van der Waals surface area contributed by atoms with E-state index in [4.69, 9.17) is 0 Å². The van der Waals surface area contributed by atoms with Gasteiger partial charge >= 0.3 is 0 Å². The van der Waals surface area contributed by atoms with Crippen LogP contribution in [0.2, 0.25) is 0 Å². The molecule has 0 radical (unpaired) electrons. The van der Waals surface area contributed by atoms with Gasteiger partial charge in [0.1, 0.15) is 6.34 Å². The highest BCUT2D eigenvalue weighted by molar-refractivity contribution is 7.80. The maximum absolute atomic E-state index is 4.28. The summed E-state index contributed by atoms with van der Waals surface area (Å²) in [5.74, 6) is 0. The standard InChI is InChI=1S/C9H11N3S/c1-11-9(13)10-7-12(11)8-5-3-2-4-6-8/h2-7,9,13H,1H3. The second-order valence-corrected chi connectivity index (χ2v) is 3.33. The fraction of sp³-hybridized carbons (Fsp3) is 0.222. The van der Waals surface area contributed by atoms with Crippen LogP contribution < -0.4 is 5.01 Å². The van der Waals surface area contributed by atoms with E-state index in [1.807, 2.05) is 47.4 Å². The van der Waals surface area contributed by atoms with Gasteiger partial charge in [-0.15, -0.1) is 12.6 Å². The molecule has 0 bridgehead atoms. The van der Waals surface area contributed by atoms with Gasteiger partial charge in [0, 0.05) is 7.05 Å². The number of thiol groups is 1. The number of anilines is 1. The van der Waals surface area contributed by atoms with E-state index < -0.39 is 0 Å². The molecule has 1 unspecified atom stereocenters. The number of hydrazine groups is 1. The minimum absolute atomic E-state index is 0.0693. The molecule has 1 heterocycles. The maximum Gasteiger partial charge on any atom is 0.164 e. The summed E-state index contributed by atoms with van der Waals surface area (Å²) in [6, 6.07) is 10.1. The summed E-state index contributed by atoms with van der Waals surface area (Å²) >= 11 is 4.28. The molecule has 0 aliphatic carbocycles. The van der Waals surface area contributed by atoms with Crippen LogP contribution in [-0.4, -0.2) is 23.9 Å². The Morgan fingerprint density at radius 1 is 1.31 bits per heavy atom. The molecular formula is C9H11N3S. The van der Waals surface area contributed by atoms with Crippen LogP contribution in [0.1, 0.15) is 0 Å². The summed E-state index contributed by atoms with van der Waals surface area (Å²) in [7, 11) is 1.96. The lowest BCUT2D eigenvalue weighted by Crippen LogP contribution is -2.36. The molecule has 13 heavy (non-hydrogen) atoms. The molecule has 3 nitrogen and oxygen atoms in total. The molecule has 68 valence electrons. The van der Waals surface area contributed by atoms with Gasteiger partial charge in [0.15, 0.2) is 5.50 Å². The Bertz CT molecular complexity index is 312. The molecular weight excluding hydrogens is 182 g/mol. The average Bonchev–Trinajstić information content (AvgIpc) is 2.49. The number of rotatable bonds is 1. The summed E-state index contributed by atoms with van der Waals surface area (Å²) in [5.41, 5.74) is 1.03. The fourth-order valence-electron chi connectivity index (χ4n) is 1.24. The summed E-state index contributed by atoms with van der Waals surface area (Å²) in [6.07, 6.45) is 1.78. The van der Waals surface area contributed by atoms with E-state index in [1.54, 1.807) is 6.34 Å². The molecule has 0 saturated carbocycles. The number of nitrogens with zero attached hydrogens (tertiary/aromatic N) is 3. The Morgan fingerprint density at radius 3 is 2.54 bits per heavy atom. The van der Waals surface area contributed by atoms with Crippen molar-refractivity contribution in [2.75, 3.05) is 12.1 Å². The van der Waals surface area contributed by atoms with Crippen LogP contribution in [0.15, 0.2) is 35.3 Å². The van der Waals surface area contributed by atoms with E-state index in [0.29, 0.717) is 0 Å². The zero-order chi connectivity index (χ0) is 9.26. The zero-order valence-corrected chi connectivity index (χ0v) is 8.22. The summed E-state index contributed by atoms with van der Waals surface area (Å²) in [6.45, 7) is 0. The van der Waals surface area contributed by atoms with E-state index in [1.165, 1.54) is 0 Å². The molecule has 0 aromatic heterocycles. The van der Waals surface area contributed by atoms with Crippen molar-refractivity contribution < 1.29 is 0 Å². The van der Waals surface area contributed by atoms with Crippen molar-refractivity contribution in [1.82, 2.24) is 5.01 Å². The Morgan fingerprint density at radius 2 is 2.00 bits per heavy atom. The van der Waals surface area contributed by atoms with Crippen molar-refractivity contribution >= 4 is 24.7 Å². The Kier molecular flexibility index (Phi) is 2.24. The lowest BCUT2D eigenvalue weighted by atomic mass is 10.3. The molecule has 1 aliphatic rings. The third-order valence-corrected chi connectivity index (χ3v) is 2.47. The van der Waals surface area contributed by atoms with Gasteiger partial charge < -0.3 is 0 Å². The van der Waals surface area contributed by atoms with Gasteiger partial charge in [-0.3, -0.25) is 5.01 Å². The van der Waals surface area contributed by atoms with Crippen LogP contribution in [0.5, 0.6) is 0 Å². The number of aliphatic imine (C=N–C) groups is 1. The molecule has 4 heteroatoms. The largest absolute Gasteiger partial charge is 0.261 e. The van der Waals surface area contributed by atoms with E-state index in [0.717, 1.165) is 5.69 Å². The van der Waals surface area contributed by atoms with Crippen LogP contribution in [0, 0.1) is 0 Å². The van der Waals surface area contributed by atoms with Crippen molar-refractivity contribution in [1.29, 1.82) is 0 Å². The third-order valence-electron chi connectivity index (χ3n) is 2.00. The van der Waals surface area contributed by atoms with Crippen LogP contribution in [0.3, 0.4) is 0 Å². The molecule has 2 rings (SSSR count). The van der Waals surface area contributed by atoms with Crippen molar-refractivity contribution in [2.24, 2.45) is 4.99 Å².